The topological polar surface area (TPSA) is 75.3 Å². The molecule has 124 valence electrons. The van der Waals surface area contributed by atoms with Crippen LogP contribution < -0.4 is 11.1 Å². The highest BCUT2D eigenvalue weighted by Gasteiger charge is 2.22. The first-order valence-corrected chi connectivity index (χ1v) is 8.92. The fourth-order valence-electron chi connectivity index (χ4n) is 2.23. The van der Waals surface area contributed by atoms with Gasteiger partial charge in [-0.05, 0) is 29.2 Å². The van der Waals surface area contributed by atoms with Crippen molar-refractivity contribution in [2.45, 2.75) is 39.3 Å². The Hall–Kier alpha value is -1.37. The summed E-state index contributed by atoms with van der Waals surface area (Å²) in [7, 11) is 0. The van der Waals surface area contributed by atoms with Crippen LogP contribution in [0.3, 0.4) is 0 Å². The number of hydrogen-bond acceptors (Lipinski definition) is 4. The van der Waals surface area contributed by atoms with Crippen molar-refractivity contribution in [1.29, 1.82) is 0 Å². The summed E-state index contributed by atoms with van der Waals surface area (Å²) in [5, 5.41) is 12.8. The molecule has 2 rings (SSSR count). The fraction of sp³-hybridized carbons (Fsp3) is 0.353. The molecular weight excluding hydrogens is 376 g/mol. The summed E-state index contributed by atoms with van der Waals surface area (Å²) < 4.78 is 0.948. The summed E-state index contributed by atoms with van der Waals surface area (Å²) in [6, 6.07) is 7.81. The molecule has 1 heterocycles. The highest BCUT2D eigenvalue weighted by Crippen LogP contribution is 2.33. The molecular formula is C17H21BrN2O2S. The Kier molecular flexibility index (Phi) is 5.49. The van der Waals surface area contributed by atoms with Crippen molar-refractivity contribution in [3.63, 3.8) is 0 Å². The zero-order valence-electron chi connectivity index (χ0n) is 13.4. The van der Waals surface area contributed by atoms with E-state index >= 15 is 0 Å². The zero-order chi connectivity index (χ0) is 17.2. The Bertz CT molecular complexity index is 720. The summed E-state index contributed by atoms with van der Waals surface area (Å²) in [5.74, 6) is -0.879. The minimum atomic E-state index is -0.879. The molecule has 1 aromatic heterocycles. The Morgan fingerprint density at radius 2 is 2.09 bits per heavy atom. The van der Waals surface area contributed by atoms with Gasteiger partial charge in [-0.15, -0.1) is 11.3 Å². The van der Waals surface area contributed by atoms with Crippen LogP contribution in [-0.2, 0) is 18.5 Å². The van der Waals surface area contributed by atoms with Crippen LogP contribution in [0, 0.1) is 0 Å². The van der Waals surface area contributed by atoms with E-state index in [4.69, 9.17) is 5.73 Å². The Morgan fingerprint density at radius 3 is 2.65 bits per heavy atom. The minimum absolute atomic E-state index is 0.0642. The van der Waals surface area contributed by atoms with Gasteiger partial charge < -0.3 is 16.2 Å². The Balaban J connectivity index is 2.29. The molecule has 0 aliphatic rings. The average Bonchev–Trinajstić information content (AvgIpc) is 2.89. The predicted molar refractivity (Wildman–Crippen MR) is 99.3 cm³/mol. The first-order valence-electron chi connectivity index (χ1n) is 7.32. The maximum atomic E-state index is 11.5. The van der Waals surface area contributed by atoms with E-state index in [9.17, 15) is 9.90 Å². The maximum Gasteiger partial charge on any atom is 0.346 e. The van der Waals surface area contributed by atoms with E-state index in [0.717, 1.165) is 26.2 Å². The van der Waals surface area contributed by atoms with Crippen molar-refractivity contribution in [2.75, 3.05) is 5.32 Å². The van der Waals surface area contributed by atoms with Crippen LogP contribution in [0.2, 0.25) is 0 Å². The summed E-state index contributed by atoms with van der Waals surface area (Å²) in [5.41, 5.74) is 8.44. The van der Waals surface area contributed by atoms with Crippen molar-refractivity contribution < 1.29 is 9.90 Å². The summed E-state index contributed by atoms with van der Waals surface area (Å²) >= 11 is 4.84. The maximum absolute atomic E-state index is 11.5. The molecule has 0 atom stereocenters. The molecule has 2 aromatic rings. The molecule has 0 saturated heterocycles. The summed E-state index contributed by atoms with van der Waals surface area (Å²) in [4.78, 5) is 13.0. The number of nitrogens with two attached hydrogens (primary N) is 1. The standard InChI is InChI=1S/C17H21BrN2O2S/c1-17(2,3)14-7-10(15(23-14)16(21)22)9-20-13-6-4-5-12(18)11(13)8-19/h4-7,20H,8-9,19H2,1-3H3,(H,21,22). The number of carboxylic acid groups (broad SMARTS) is 1. The monoisotopic (exact) mass is 396 g/mol. The zero-order valence-corrected chi connectivity index (χ0v) is 15.8. The summed E-state index contributed by atoms with van der Waals surface area (Å²) in [6.45, 7) is 7.12. The van der Waals surface area contributed by atoms with Gasteiger partial charge >= 0.3 is 5.97 Å². The highest BCUT2D eigenvalue weighted by molar-refractivity contribution is 9.10. The molecule has 6 heteroatoms. The van der Waals surface area contributed by atoms with Gasteiger partial charge in [-0.25, -0.2) is 4.79 Å². The van der Waals surface area contributed by atoms with Crippen molar-refractivity contribution in [3.05, 3.63) is 49.6 Å². The van der Waals surface area contributed by atoms with Crippen molar-refractivity contribution in [3.8, 4) is 0 Å². The van der Waals surface area contributed by atoms with Gasteiger partial charge in [-0.2, -0.15) is 0 Å². The highest BCUT2D eigenvalue weighted by atomic mass is 79.9. The van der Waals surface area contributed by atoms with Crippen LogP contribution in [0.1, 0.15) is 46.4 Å². The molecule has 0 radical (unpaired) electrons. The molecule has 0 aliphatic carbocycles. The smallest absolute Gasteiger partial charge is 0.346 e. The molecule has 1 aromatic carbocycles. The molecule has 0 aliphatic heterocycles. The second-order valence-corrected chi connectivity index (χ2v) is 8.25. The van der Waals surface area contributed by atoms with Gasteiger partial charge in [-0.1, -0.05) is 42.8 Å². The Labute approximate surface area is 148 Å². The lowest BCUT2D eigenvalue weighted by atomic mass is 9.94. The Morgan fingerprint density at radius 1 is 1.39 bits per heavy atom. The van der Waals surface area contributed by atoms with Gasteiger partial charge in [-0.3, -0.25) is 0 Å². The third kappa shape index (κ3) is 4.13. The van der Waals surface area contributed by atoms with E-state index in [1.54, 1.807) is 0 Å². The van der Waals surface area contributed by atoms with Crippen molar-refractivity contribution >= 4 is 38.9 Å². The van der Waals surface area contributed by atoms with E-state index < -0.39 is 5.97 Å². The number of hydrogen-bond donors (Lipinski definition) is 3. The molecule has 0 saturated carbocycles. The normalized spacial score (nSPS) is 11.5. The first-order chi connectivity index (χ1) is 10.7. The van der Waals surface area contributed by atoms with Gasteiger partial charge in [0.1, 0.15) is 4.88 Å². The molecule has 0 bridgehead atoms. The SMILES string of the molecule is CC(C)(C)c1cc(CNc2cccc(Br)c2CN)c(C(=O)O)s1. The summed E-state index contributed by atoms with van der Waals surface area (Å²) in [6.07, 6.45) is 0. The molecule has 0 spiro atoms. The van der Waals surface area contributed by atoms with Gasteiger partial charge in [0.2, 0.25) is 0 Å². The number of rotatable bonds is 5. The third-order valence-electron chi connectivity index (χ3n) is 3.53. The lowest BCUT2D eigenvalue weighted by Crippen LogP contribution is -2.09. The minimum Gasteiger partial charge on any atom is -0.477 e. The van der Waals surface area contributed by atoms with Crippen LogP contribution in [0.5, 0.6) is 0 Å². The second-order valence-electron chi connectivity index (χ2n) is 6.34. The quantitative estimate of drug-likeness (QED) is 0.691. The van der Waals surface area contributed by atoms with Crippen LogP contribution in [0.15, 0.2) is 28.7 Å². The number of anilines is 1. The number of nitrogens with one attached hydrogen (secondary N) is 1. The number of halogens is 1. The van der Waals surface area contributed by atoms with E-state index in [-0.39, 0.29) is 5.41 Å². The van der Waals surface area contributed by atoms with Gasteiger partial charge in [0.25, 0.3) is 0 Å². The third-order valence-corrected chi connectivity index (χ3v) is 5.87. The van der Waals surface area contributed by atoms with Gasteiger partial charge in [0.15, 0.2) is 0 Å². The average molecular weight is 397 g/mol. The van der Waals surface area contributed by atoms with Crippen LogP contribution in [0.4, 0.5) is 5.69 Å². The van der Waals surface area contributed by atoms with Gasteiger partial charge in [0, 0.05) is 33.7 Å². The van der Waals surface area contributed by atoms with Crippen LogP contribution in [0.25, 0.3) is 0 Å². The molecule has 0 unspecified atom stereocenters. The lowest BCUT2D eigenvalue weighted by Gasteiger charge is -2.15. The second kappa shape index (κ2) is 7.03. The predicted octanol–water partition coefficient (Wildman–Crippen LogP) is 4.58. The van der Waals surface area contributed by atoms with Crippen LogP contribution in [-0.4, -0.2) is 11.1 Å². The van der Waals surface area contributed by atoms with E-state index in [2.05, 4.69) is 42.0 Å². The molecule has 4 N–H and O–H groups in total. The van der Waals surface area contributed by atoms with E-state index in [1.165, 1.54) is 11.3 Å². The fourth-order valence-corrected chi connectivity index (χ4v) is 3.84. The van der Waals surface area contributed by atoms with E-state index in [1.807, 2.05) is 24.3 Å². The van der Waals surface area contributed by atoms with Crippen molar-refractivity contribution in [1.82, 2.24) is 0 Å². The number of aromatic carboxylic acids is 1. The molecule has 0 amide bonds. The lowest BCUT2D eigenvalue weighted by molar-refractivity contribution is 0.0701. The molecule has 0 fully saturated rings. The van der Waals surface area contributed by atoms with Crippen LogP contribution >= 0.6 is 27.3 Å². The number of thiophene rings is 1. The largest absolute Gasteiger partial charge is 0.477 e. The molecule has 23 heavy (non-hydrogen) atoms. The molecule has 4 nitrogen and oxygen atoms in total. The van der Waals surface area contributed by atoms with Crippen molar-refractivity contribution in [2.24, 2.45) is 5.73 Å². The number of carbonyl (C=O) groups is 1. The van der Waals surface area contributed by atoms with Gasteiger partial charge in [0.05, 0.1) is 0 Å². The number of carboxylic acids is 1. The first kappa shape index (κ1) is 18.0. The number of benzene rings is 1. The van der Waals surface area contributed by atoms with E-state index in [0.29, 0.717) is 18.0 Å².